The van der Waals surface area contributed by atoms with Crippen molar-refractivity contribution in [1.29, 1.82) is 0 Å². The number of ether oxygens (including phenoxy) is 1. The van der Waals surface area contributed by atoms with E-state index in [0.29, 0.717) is 11.2 Å². The van der Waals surface area contributed by atoms with Crippen LogP contribution in [0.2, 0.25) is 0 Å². The smallest absolute Gasteiger partial charge is 0.340 e. The zero-order valence-electron chi connectivity index (χ0n) is 11.7. The molecule has 2 aromatic heterocycles. The molecule has 0 aliphatic heterocycles. The van der Waals surface area contributed by atoms with Crippen molar-refractivity contribution >= 4 is 32.2 Å². The minimum Gasteiger partial charge on any atom is -0.382 e. The summed E-state index contributed by atoms with van der Waals surface area (Å²) in [4.78, 5) is 38.4. The van der Waals surface area contributed by atoms with Crippen LogP contribution in [0.4, 0.5) is 5.82 Å². The van der Waals surface area contributed by atoms with Crippen LogP contribution in [0.3, 0.4) is 0 Å². The van der Waals surface area contributed by atoms with Crippen molar-refractivity contribution in [2.24, 2.45) is 0 Å². The average Bonchev–Trinajstić information content (AvgIpc) is 2.80. The molecule has 0 aliphatic rings. The summed E-state index contributed by atoms with van der Waals surface area (Å²) in [5.41, 5.74) is 6.52. The van der Waals surface area contributed by atoms with Crippen molar-refractivity contribution in [3.8, 4) is 0 Å². The second kappa shape index (κ2) is 7.02. The van der Waals surface area contributed by atoms with Crippen LogP contribution in [-0.4, -0.2) is 53.3 Å². The number of nitrogen functional groups attached to an aromatic ring is 1. The second-order valence-electron chi connectivity index (χ2n) is 4.46. The molecule has 0 spiro atoms. The van der Waals surface area contributed by atoms with Crippen LogP contribution in [0.15, 0.2) is 12.7 Å². The predicted octanol–water partition coefficient (Wildman–Crippen LogP) is -0.280. The van der Waals surface area contributed by atoms with Crippen molar-refractivity contribution < 1.29 is 33.1 Å². The lowest BCUT2D eigenvalue weighted by Gasteiger charge is -2.13. The summed E-state index contributed by atoms with van der Waals surface area (Å²) >= 11 is 0. The van der Waals surface area contributed by atoms with Gasteiger partial charge in [-0.25, -0.2) is 15.0 Å². The van der Waals surface area contributed by atoms with Gasteiger partial charge in [-0.05, 0) is 0 Å². The first kappa shape index (κ1) is 18.0. The normalized spacial score (nSPS) is 14.9. The van der Waals surface area contributed by atoms with Gasteiger partial charge in [0.25, 0.3) is 0 Å². The Labute approximate surface area is 130 Å². The number of fused-ring (bicyclic) bond motifs is 1. The van der Waals surface area contributed by atoms with Gasteiger partial charge in [0.05, 0.1) is 19.5 Å². The van der Waals surface area contributed by atoms with Crippen LogP contribution in [0.1, 0.15) is 0 Å². The Morgan fingerprint density at radius 2 is 1.91 bits per heavy atom. The summed E-state index contributed by atoms with van der Waals surface area (Å²) in [5, 5.41) is 0. The highest BCUT2D eigenvalue weighted by atomic mass is 31.2. The van der Waals surface area contributed by atoms with Gasteiger partial charge in [-0.3, -0.25) is 13.7 Å². The van der Waals surface area contributed by atoms with Crippen molar-refractivity contribution in [3.63, 3.8) is 0 Å². The van der Waals surface area contributed by atoms with Crippen LogP contribution in [0.25, 0.3) is 11.2 Å². The molecule has 1 unspecified atom stereocenters. The van der Waals surface area contributed by atoms with Crippen molar-refractivity contribution in [2.45, 2.75) is 6.73 Å². The second-order valence-corrected chi connectivity index (χ2v) is 8.45. The molecule has 0 amide bonds. The van der Waals surface area contributed by atoms with E-state index in [2.05, 4.69) is 19.5 Å². The van der Waals surface area contributed by atoms with E-state index in [-0.39, 0.29) is 25.8 Å². The fourth-order valence-corrected chi connectivity index (χ4v) is 4.22. The molecule has 2 aromatic rings. The molecular weight excluding hydrogens is 352 g/mol. The first-order valence-electron chi connectivity index (χ1n) is 6.18. The monoisotopic (exact) mass is 367 g/mol. The summed E-state index contributed by atoms with van der Waals surface area (Å²) in [5.74, 6) is -1.00. The molecule has 0 fully saturated rings. The van der Waals surface area contributed by atoms with Gasteiger partial charge in [-0.1, -0.05) is 0 Å². The zero-order chi connectivity index (χ0) is 17.1. The molecule has 1 atom stereocenters. The van der Waals surface area contributed by atoms with Gasteiger partial charge >= 0.3 is 15.2 Å². The van der Waals surface area contributed by atoms with Gasteiger partial charge in [-0.15, -0.1) is 0 Å². The molecule has 0 bridgehead atoms. The third-order valence-corrected chi connectivity index (χ3v) is 6.03. The molecule has 2 heterocycles. The van der Waals surface area contributed by atoms with Crippen LogP contribution >= 0.6 is 15.2 Å². The molecule has 0 saturated heterocycles. The van der Waals surface area contributed by atoms with Crippen LogP contribution in [0, 0.1) is 0 Å². The number of nitrogens with zero attached hydrogens (tertiary/aromatic N) is 4. The van der Waals surface area contributed by atoms with Gasteiger partial charge in [0.2, 0.25) is 0 Å². The minimum absolute atomic E-state index is 0.0323. The topological polar surface area (TPSA) is 183 Å². The van der Waals surface area contributed by atoms with E-state index in [4.69, 9.17) is 20.3 Å². The Hall–Kier alpha value is -1.39. The maximum absolute atomic E-state index is 11.4. The number of aromatic nitrogens is 4. The first-order valence-corrected chi connectivity index (χ1v) is 9.74. The Balaban J connectivity index is 1.80. The lowest BCUT2D eigenvalue weighted by Crippen LogP contribution is -2.08. The molecule has 14 heteroatoms. The van der Waals surface area contributed by atoms with Crippen LogP contribution < -0.4 is 5.73 Å². The van der Waals surface area contributed by atoms with E-state index in [1.165, 1.54) is 12.7 Å². The number of anilines is 1. The van der Waals surface area contributed by atoms with E-state index in [1.807, 2.05) is 0 Å². The third-order valence-electron chi connectivity index (χ3n) is 2.54. The van der Waals surface area contributed by atoms with Crippen LogP contribution in [-0.2, 0) is 25.1 Å². The highest BCUT2D eigenvalue weighted by Gasteiger charge is 2.30. The SMILES string of the molecule is Nc1ncnc2c1ncn2COCCOP(=O)(O)CP(=O)(O)O. The zero-order valence-corrected chi connectivity index (χ0v) is 13.5. The van der Waals surface area contributed by atoms with Gasteiger partial charge in [0, 0.05) is 0 Å². The van der Waals surface area contributed by atoms with Crippen LogP contribution in [0.5, 0.6) is 0 Å². The summed E-state index contributed by atoms with van der Waals surface area (Å²) in [7, 11) is -8.99. The quantitative estimate of drug-likeness (QED) is 0.355. The Morgan fingerprint density at radius 3 is 2.61 bits per heavy atom. The van der Waals surface area contributed by atoms with E-state index in [9.17, 15) is 14.0 Å². The summed E-state index contributed by atoms with van der Waals surface area (Å²) in [6.45, 7) is -0.353. The van der Waals surface area contributed by atoms with Crippen molar-refractivity contribution in [2.75, 3.05) is 24.9 Å². The average molecular weight is 367 g/mol. The molecule has 5 N–H and O–H groups in total. The number of nitrogens with two attached hydrogens (primary N) is 1. The molecule has 12 nitrogen and oxygen atoms in total. The van der Waals surface area contributed by atoms with E-state index >= 15 is 0 Å². The van der Waals surface area contributed by atoms with Gasteiger partial charge in [-0.2, -0.15) is 0 Å². The fraction of sp³-hybridized carbons (Fsp3) is 0.444. The fourth-order valence-electron chi connectivity index (χ4n) is 1.67. The molecule has 128 valence electrons. The third kappa shape index (κ3) is 5.33. The number of hydrogen-bond acceptors (Lipinski definition) is 8. The highest BCUT2D eigenvalue weighted by Crippen LogP contribution is 2.55. The number of rotatable bonds is 8. The molecule has 0 radical (unpaired) electrons. The number of hydrogen-bond donors (Lipinski definition) is 4. The molecule has 0 aromatic carbocycles. The van der Waals surface area contributed by atoms with Gasteiger partial charge in [0.15, 0.2) is 17.4 Å². The molecular formula is C9H15N5O7P2. The minimum atomic E-state index is -4.63. The van der Waals surface area contributed by atoms with E-state index in [1.54, 1.807) is 4.57 Å². The maximum Gasteiger partial charge on any atom is 0.340 e. The summed E-state index contributed by atoms with van der Waals surface area (Å²) < 4.78 is 33.4. The largest absolute Gasteiger partial charge is 0.382 e. The summed E-state index contributed by atoms with van der Waals surface area (Å²) in [6.07, 6.45) is 2.73. The Bertz CT molecular complexity index is 775. The highest BCUT2D eigenvalue weighted by molar-refractivity contribution is 7.70. The van der Waals surface area contributed by atoms with Crippen molar-refractivity contribution in [1.82, 2.24) is 19.5 Å². The van der Waals surface area contributed by atoms with Gasteiger partial charge < -0.3 is 29.7 Å². The molecule has 0 aliphatic carbocycles. The summed E-state index contributed by atoms with van der Waals surface area (Å²) in [6, 6.07) is 0. The lowest BCUT2D eigenvalue weighted by atomic mass is 10.5. The Kier molecular flexibility index (Phi) is 5.48. The molecule has 0 saturated carbocycles. The molecule has 2 rings (SSSR count). The number of imidazole rings is 1. The lowest BCUT2D eigenvalue weighted by molar-refractivity contribution is 0.0531. The van der Waals surface area contributed by atoms with Gasteiger partial charge in [0.1, 0.15) is 18.6 Å². The molecule has 23 heavy (non-hydrogen) atoms. The Morgan fingerprint density at radius 1 is 1.17 bits per heavy atom. The maximum atomic E-state index is 11.4. The standard InChI is InChI=1S/C9H15N5O7P2/c10-8-7-9(12-3-11-8)14(4-13-7)5-20-1-2-21-23(18,19)6-22(15,16)17/h3-4H,1-2,5-6H2,(H,18,19)(H2,10,11,12)(H2,15,16,17). The van der Waals surface area contributed by atoms with Crippen molar-refractivity contribution in [3.05, 3.63) is 12.7 Å². The van der Waals surface area contributed by atoms with E-state index in [0.717, 1.165) is 0 Å². The van der Waals surface area contributed by atoms with E-state index < -0.39 is 21.1 Å². The first-order chi connectivity index (χ1) is 10.7. The predicted molar refractivity (Wildman–Crippen MR) is 78.4 cm³/mol.